The van der Waals surface area contributed by atoms with Crippen LogP contribution < -0.4 is 15.8 Å². The molecule has 1 aromatic carbocycles. The Bertz CT molecular complexity index is 1220. The third-order valence-electron chi connectivity index (χ3n) is 5.57. The molecule has 1 aromatic heterocycles. The number of ketones is 1. The summed E-state index contributed by atoms with van der Waals surface area (Å²) >= 11 is 1.38. The largest absolute Gasteiger partial charge is 0.444 e. The summed E-state index contributed by atoms with van der Waals surface area (Å²) in [5.41, 5.74) is 6.98. The third kappa shape index (κ3) is 8.53. The van der Waals surface area contributed by atoms with Crippen molar-refractivity contribution in [3.05, 3.63) is 45.4 Å². The first-order valence-corrected chi connectivity index (χ1v) is 14.6. The molecule has 0 aliphatic heterocycles. The van der Waals surface area contributed by atoms with Gasteiger partial charge in [0, 0.05) is 11.4 Å². The fourth-order valence-electron chi connectivity index (χ4n) is 3.77. The number of thiazole rings is 1. The van der Waals surface area contributed by atoms with Crippen LogP contribution in [0.15, 0.2) is 34.2 Å². The Kier molecular flexibility index (Phi) is 9.30. The molecular weight excluding hydrogens is 514 g/mol. The minimum absolute atomic E-state index is 0.0783. The number of hydrogen-bond donors (Lipinski definition) is 3. The Hall–Kier alpha value is -2.99. The van der Waals surface area contributed by atoms with E-state index >= 15 is 0 Å². The van der Waals surface area contributed by atoms with Gasteiger partial charge in [-0.3, -0.25) is 9.79 Å². The van der Waals surface area contributed by atoms with E-state index in [-0.39, 0.29) is 29.6 Å². The molecule has 3 rings (SSSR count). The molecule has 12 heteroatoms. The molecule has 0 fully saturated rings. The van der Waals surface area contributed by atoms with E-state index in [1.807, 2.05) is 6.92 Å². The molecule has 4 N–H and O–H groups in total. The minimum Gasteiger partial charge on any atom is -0.444 e. The number of benzene rings is 1. The number of alkyl carbamates (subject to hydrolysis) is 1. The zero-order valence-corrected chi connectivity index (χ0v) is 23.3. The van der Waals surface area contributed by atoms with Crippen LogP contribution in [-0.2, 0) is 27.6 Å². The maximum absolute atomic E-state index is 13.3. The Labute approximate surface area is 222 Å². The number of aliphatic imine (C=N–C) groups is 1. The van der Waals surface area contributed by atoms with Crippen LogP contribution in [0.2, 0.25) is 0 Å². The molecule has 0 saturated carbocycles. The zero-order chi connectivity index (χ0) is 27.2. The Morgan fingerprint density at radius 3 is 2.51 bits per heavy atom. The van der Waals surface area contributed by atoms with Crippen LogP contribution in [0.5, 0.6) is 0 Å². The van der Waals surface area contributed by atoms with E-state index < -0.39 is 27.8 Å². The van der Waals surface area contributed by atoms with Crippen molar-refractivity contribution in [1.29, 1.82) is 0 Å². The van der Waals surface area contributed by atoms with Crippen molar-refractivity contribution in [2.75, 3.05) is 6.54 Å². The number of nitrogens with zero attached hydrogens (tertiary/aromatic N) is 2. The Morgan fingerprint density at radius 1 is 1.19 bits per heavy atom. The van der Waals surface area contributed by atoms with Crippen molar-refractivity contribution in [2.45, 2.75) is 82.8 Å². The van der Waals surface area contributed by atoms with E-state index in [1.54, 1.807) is 32.9 Å². The van der Waals surface area contributed by atoms with Gasteiger partial charge in [-0.2, -0.15) is 0 Å². The first kappa shape index (κ1) is 28.6. The molecule has 1 amide bonds. The second-order valence-electron chi connectivity index (χ2n) is 9.99. The molecule has 0 radical (unpaired) electrons. The summed E-state index contributed by atoms with van der Waals surface area (Å²) in [6.45, 7) is 7.24. The van der Waals surface area contributed by atoms with Crippen LogP contribution in [0.3, 0.4) is 0 Å². The quantitative estimate of drug-likeness (QED) is 0.187. The SMILES string of the molecule is Cc1ccc(S(=O)(=O)NC(N)=NCCC[C@H](NC(=O)OC(C)(C)C)C(=O)c2nc3c(s2)CCCC3)cc1. The van der Waals surface area contributed by atoms with Gasteiger partial charge in [-0.05, 0) is 78.4 Å². The summed E-state index contributed by atoms with van der Waals surface area (Å²) in [5.74, 6) is -0.529. The molecule has 1 atom stereocenters. The van der Waals surface area contributed by atoms with Gasteiger partial charge in [0.2, 0.25) is 11.7 Å². The fourth-order valence-corrected chi connectivity index (χ4v) is 5.86. The van der Waals surface area contributed by atoms with Gasteiger partial charge in [0.05, 0.1) is 16.6 Å². The zero-order valence-electron chi connectivity index (χ0n) is 21.7. The average Bonchev–Trinajstić information content (AvgIpc) is 3.23. The molecule has 0 saturated heterocycles. The molecule has 0 bridgehead atoms. The molecule has 37 heavy (non-hydrogen) atoms. The predicted molar refractivity (Wildman–Crippen MR) is 143 cm³/mol. The van der Waals surface area contributed by atoms with Crippen molar-refractivity contribution in [1.82, 2.24) is 15.0 Å². The van der Waals surface area contributed by atoms with Crippen molar-refractivity contribution in [3.63, 3.8) is 0 Å². The van der Waals surface area contributed by atoms with Crippen LogP contribution >= 0.6 is 11.3 Å². The number of nitrogens with one attached hydrogen (secondary N) is 2. The van der Waals surface area contributed by atoms with E-state index in [1.165, 1.54) is 23.5 Å². The van der Waals surface area contributed by atoms with Crippen molar-refractivity contribution in [3.8, 4) is 0 Å². The van der Waals surface area contributed by atoms with Gasteiger partial charge in [0.1, 0.15) is 5.60 Å². The lowest BCUT2D eigenvalue weighted by Gasteiger charge is -2.22. The maximum Gasteiger partial charge on any atom is 0.408 e. The normalized spacial score (nSPS) is 15.0. The molecule has 0 unspecified atom stereocenters. The average molecular weight is 550 g/mol. The minimum atomic E-state index is -3.85. The van der Waals surface area contributed by atoms with Crippen molar-refractivity contribution >= 4 is 39.2 Å². The van der Waals surface area contributed by atoms with Crippen LogP contribution in [0, 0.1) is 6.92 Å². The third-order valence-corrected chi connectivity index (χ3v) is 8.11. The fraction of sp³-hybridized carbons (Fsp3) is 0.520. The van der Waals surface area contributed by atoms with E-state index in [4.69, 9.17) is 10.5 Å². The summed E-state index contributed by atoms with van der Waals surface area (Å²) in [6.07, 6.45) is 3.83. The summed E-state index contributed by atoms with van der Waals surface area (Å²) in [5, 5.41) is 3.05. The number of carbonyl (C=O) groups is 2. The van der Waals surface area contributed by atoms with Gasteiger partial charge < -0.3 is 15.8 Å². The first-order chi connectivity index (χ1) is 17.3. The van der Waals surface area contributed by atoms with Crippen LogP contribution in [0.1, 0.15) is 72.4 Å². The number of hydrogen-bond acceptors (Lipinski definition) is 8. The van der Waals surface area contributed by atoms with Gasteiger partial charge in [-0.15, -0.1) is 11.3 Å². The van der Waals surface area contributed by atoms with Crippen LogP contribution in [0.25, 0.3) is 0 Å². The number of amides is 1. The first-order valence-electron chi connectivity index (χ1n) is 12.3. The number of guanidine groups is 1. The van der Waals surface area contributed by atoms with E-state index in [0.717, 1.165) is 41.8 Å². The highest BCUT2D eigenvalue weighted by atomic mass is 32.2. The molecule has 0 spiro atoms. The lowest BCUT2D eigenvalue weighted by Crippen LogP contribution is -2.43. The summed E-state index contributed by atoms with van der Waals surface area (Å²) in [4.78, 5) is 35.5. The second-order valence-corrected chi connectivity index (χ2v) is 12.8. The van der Waals surface area contributed by atoms with E-state index in [9.17, 15) is 18.0 Å². The number of carbonyl (C=O) groups excluding carboxylic acids is 2. The highest BCUT2D eigenvalue weighted by Crippen LogP contribution is 2.27. The van der Waals surface area contributed by atoms with Crippen molar-refractivity contribution in [2.24, 2.45) is 10.7 Å². The number of Topliss-reactive ketones (excluding diaryl/α,β-unsaturated/α-hetero) is 1. The maximum atomic E-state index is 13.3. The van der Waals surface area contributed by atoms with E-state index in [0.29, 0.717) is 11.4 Å². The predicted octanol–water partition coefficient (Wildman–Crippen LogP) is 3.48. The van der Waals surface area contributed by atoms with Gasteiger partial charge in [-0.1, -0.05) is 17.7 Å². The molecule has 1 aliphatic carbocycles. The van der Waals surface area contributed by atoms with Gasteiger partial charge in [-0.25, -0.2) is 22.9 Å². The van der Waals surface area contributed by atoms with Crippen LogP contribution in [0.4, 0.5) is 4.79 Å². The highest BCUT2D eigenvalue weighted by molar-refractivity contribution is 7.90. The highest BCUT2D eigenvalue weighted by Gasteiger charge is 2.28. The van der Waals surface area contributed by atoms with Crippen LogP contribution in [-0.4, -0.2) is 49.4 Å². The number of nitrogens with two attached hydrogens (primary N) is 1. The van der Waals surface area contributed by atoms with Gasteiger partial charge >= 0.3 is 6.09 Å². The molecule has 202 valence electrons. The lowest BCUT2D eigenvalue weighted by molar-refractivity contribution is 0.0488. The number of ether oxygens (including phenoxy) is 1. The number of fused-ring (bicyclic) bond motifs is 1. The standard InChI is InChI=1S/C25H35N5O5S2/c1-16-11-13-17(14-12-16)37(33,34)30-23(26)27-15-7-9-19(29-24(32)35-25(2,3)4)21(31)22-28-18-8-5-6-10-20(18)36-22/h11-14,19H,5-10,15H2,1-4H3,(H,29,32)(H3,26,27,30)/t19-/m0/s1. The van der Waals surface area contributed by atoms with Gasteiger partial charge in [0.25, 0.3) is 10.0 Å². The van der Waals surface area contributed by atoms with Crippen molar-refractivity contribution < 1.29 is 22.7 Å². The number of aromatic nitrogens is 1. The lowest BCUT2D eigenvalue weighted by atomic mass is 10.0. The van der Waals surface area contributed by atoms with Gasteiger partial charge in [0.15, 0.2) is 5.01 Å². The molecular formula is C25H35N5O5S2. The number of rotatable bonds is 9. The molecule has 1 aliphatic rings. The monoisotopic (exact) mass is 549 g/mol. The molecule has 1 heterocycles. The second kappa shape index (κ2) is 12.0. The summed E-state index contributed by atoms with van der Waals surface area (Å²) in [7, 11) is -3.85. The Morgan fingerprint density at radius 2 is 1.86 bits per heavy atom. The summed E-state index contributed by atoms with van der Waals surface area (Å²) < 4.78 is 32.5. The number of aryl methyl sites for hydroxylation is 3. The Balaban J connectivity index is 1.64. The number of sulfonamides is 1. The topological polar surface area (TPSA) is 153 Å². The smallest absolute Gasteiger partial charge is 0.408 e. The molecule has 2 aromatic rings. The van der Waals surface area contributed by atoms with E-state index in [2.05, 4.69) is 20.0 Å². The molecule has 10 nitrogen and oxygen atoms in total. The summed E-state index contributed by atoms with van der Waals surface area (Å²) in [6, 6.07) is 5.49.